The number of aromatic amines is 1. The van der Waals surface area contributed by atoms with Crippen LogP contribution in [0.3, 0.4) is 0 Å². The van der Waals surface area contributed by atoms with Crippen LogP contribution in [0.15, 0.2) is 48.5 Å². The summed E-state index contributed by atoms with van der Waals surface area (Å²) in [6.45, 7) is 5.73. The van der Waals surface area contributed by atoms with Gasteiger partial charge in [0.1, 0.15) is 5.75 Å². The largest absolute Gasteiger partial charge is 0.483 e. The number of hydrogen-bond donors (Lipinski definition) is 1. The number of nitrogens with zero attached hydrogens (tertiary/aromatic N) is 1. The predicted octanol–water partition coefficient (Wildman–Crippen LogP) is 4.26. The van der Waals surface area contributed by atoms with E-state index in [1.54, 1.807) is 0 Å². The van der Waals surface area contributed by atoms with Crippen molar-refractivity contribution >= 4 is 16.8 Å². The van der Waals surface area contributed by atoms with E-state index in [1.807, 2.05) is 35.2 Å². The maximum Gasteiger partial charge on any atom is 0.260 e. The van der Waals surface area contributed by atoms with Crippen molar-refractivity contribution in [1.82, 2.24) is 9.88 Å². The number of ether oxygens (including phenoxy) is 1. The van der Waals surface area contributed by atoms with Crippen LogP contribution >= 0.6 is 0 Å². The van der Waals surface area contributed by atoms with Crippen molar-refractivity contribution in [2.45, 2.75) is 32.7 Å². The van der Waals surface area contributed by atoms with Gasteiger partial charge in [0.2, 0.25) is 0 Å². The molecule has 4 rings (SSSR count). The van der Waals surface area contributed by atoms with Gasteiger partial charge in [0.05, 0.1) is 0 Å². The number of amides is 1. The lowest BCUT2D eigenvalue weighted by Crippen LogP contribution is -2.38. The van der Waals surface area contributed by atoms with Crippen molar-refractivity contribution in [2.24, 2.45) is 0 Å². The number of hydrogen-bond acceptors (Lipinski definition) is 2. The van der Waals surface area contributed by atoms with Crippen LogP contribution < -0.4 is 4.74 Å². The lowest BCUT2D eigenvalue weighted by molar-refractivity contribution is -0.134. The first-order valence-corrected chi connectivity index (χ1v) is 9.21. The summed E-state index contributed by atoms with van der Waals surface area (Å²) in [7, 11) is 0. The van der Waals surface area contributed by atoms with Crippen molar-refractivity contribution in [2.75, 3.05) is 13.2 Å². The van der Waals surface area contributed by atoms with Gasteiger partial charge in [-0.3, -0.25) is 4.79 Å². The zero-order chi connectivity index (χ0) is 18.1. The lowest BCUT2D eigenvalue weighted by atomic mass is 10.0. The van der Waals surface area contributed by atoms with E-state index in [0.717, 1.165) is 29.8 Å². The third-order valence-electron chi connectivity index (χ3n) is 5.13. The van der Waals surface area contributed by atoms with E-state index >= 15 is 0 Å². The fourth-order valence-corrected chi connectivity index (χ4v) is 3.70. The Labute approximate surface area is 153 Å². The highest BCUT2D eigenvalue weighted by molar-refractivity contribution is 5.86. The molecule has 0 bridgehead atoms. The zero-order valence-corrected chi connectivity index (χ0v) is 15.3. The van der Waals surface area contributed by atoms with Crippen LogP contribution in [0, 0.1) is 0 Å². The second-order valence-electron chi connectivity index (χ2n) is 7.17. The van der Waals surface area contributed by atoms with Gasteiger partial charge in [-0.15, -0.1) is 0 Å². The molecule has 4 nitrogen and oxygen atoms in total. The number of nitrogens with one attached hydrogen (secondary N) is 1. The number of carbonyl (C=O) groups excluding carboxylic acids is 1. The van der Waals surface area contributed by atoms with E-state index in [2.05, 4.69) is 37.0 Å². The van der Waals surface area contributed by atoms with E-state index in [-0.39, 0.29) is 12.5 Å². The second kappa shape index (κ2) is 6.87. The van der Waals surface area contributed by atoms with Crippen molar-refractivity contribution in [3.8, 4) is 5.75 Å². The van der Waals surface area contributed by atoms with E-state index in [0.29, 0.717) is 12.5 Å². The van der Waals surface area contributed by atoms with Crippen LogP contribution in [0.1, 0.15) is 36.6 Å². The standard InChI is InChI=1S/C22H24N2O2/c1-15(2)16-7-4-6-10-21(16)26-14-22(25)24-12-11-20-18(13-24)17-8-3-5-9-19(17)23-20/h3-10,15,23H,11-14H2,1-2H3. The average Bonchev–Trinajstić information content (AvgIpc) is 3.04. The number of para-hydroxylation sites is 2. The molecule has 26 heavy (non-hydrogen) atoms. The molecule has 0 atom stereocenters. The summed E-state index contributed by atoms with van der Waals surface area (Å²) in [5, 5.41) is 1.21. The first-order chi connectivity index (χ1) is 12.6. The Kier molecular flexibility index (Phi) is 4.41. The normalized spacial score (nSPS) is 13.9. The summed E-state index contributed by atoms with van der Waals surface area (Å²) < 4.78 is 5.87. The van der Waals surface area contributed by atoms with Gasteiger partial charge in [0.25, 0.3) is 5.91 Å². The molecule has 3 aromatic rings. The van der Waals surface area contributed by atoms with Gasteiger partial charge in [0.15, 0.2) is 6.61 Å². The Morgan fingerprint density at radius 1 is 1.15 bits per heavy atom. The Morgan fingerprint density at radius 3 is 2.77 bits per heavy atom. The highest BCUT2D eigenvalue weighted by Gasteiger charge is 2.24. The van der Waals surface area contributed by atoms with E-state index in [9.17, 15) is 4.79 Å². The fraction of sp³-hybridized carbons (Fsp3) is 0.318. The van der Waals surface area contributed by atoms with Crippen LogP contribution in [-0.2, 0) is 17.8 Å². The van der Waals surface area contributed by atoms with Crippen molar-refractivity contribution in [3.63, 3.8) is 0 Å². The second-order valence-corrected chi connectivity index (χ2v) is 7.17. The summed E-state index contributed by atoms with van der Waals surface area (Å²) in [5.74, 6) is 1.21. The minimum absolute atomic E-state index is 0.0412. The number of H-pyrrole nitrogens is 1. The summed E-state index contributed by atoms with van der Waals surface area (Å²) in [4.78, 5) is 18.1. The lowest BCUT2D eigenvalue weighted by Gasteiger charge is -2.27. The number of benzene rings is 2. The molecule has 0 spiro atoms. The smallest absolute Gasteiger partial charge is 0.260 e. The molecule has 134 valence electrons. The van der Waals surface area contributed by atoms with Crippen LogP contribution in [0.25, 0.3) is 10.9 Å². The molecular weight excluding hydrogens is 324 g/mol. The fourth-order valence-electron chi connectivity index (χ4n) is 3.70. The monoisotopic (exact) mass is 348 g/mol. The van der Waals surface area contributed by atoms with Crippen LogP contribution in [-0.4, -0.2) is 28.9 Å². The summed E-state index contributed by atoms with van der Waals surface area (Å²) >= 11 is 0. The number of fused-ring (bicyclic) bond motifs is 3. The van der Waals surface area contributed by atoms with Crippen molar-refractivity contribution in [1.29, 1.82) is 0 Å². The van der Waals surface area contributed by atoms with Crippen molar-refractivity contribution in [3.05, 3.63) is 65.4 Å². The molecule has 0 fully saturated rings. The van der Waals surface area contributed by atoms with Crippen LogP contribution in [0.2, 0.25) is 0 Å². The molecule has 4 heteroatoms. The van der Waals surface area contributed by atoms with Gasteiger partial charge >= 0.3 is 0 Å². The average molecular weight is 348 g/mol. The van der Waals surface area contributed by atoms with Gasteiger partial charge < -0.3 is 14.6 Å². The molecule has 1 amide bonds. The Bertz CT molecular complexity index is 942. The molecule has 0 saturated carbocycles. The minimum atomic E-state index is 0.0412. The summed E-state index contributed by atoms with van der Waals surface area (Å²) in [5.41, 5.74) is 4.77. The Hall–Kier alpha value is -2.75. The maximum absolute atomic E-state index is 12.7. The minimum Gasteiger partial charge on any atom is -0.483 e. The summed E-state index contributed by atoms with van der Waals surface area (Å²) in [6.07, 6.45) is 0.859. The third-order valence-corrected chi connectivity index (χ3v) is 5.13. The molecule has 0 saturated heterocycles. The predicted molar refractivity (Wildman–Crippen MR) is 103 cm³/mol. The van der Waals surface area contributed by atoms with Gasteiger partial charge in [-0.2, -0.15) is 0 Å². The molecule has 1 aromatic heterocycles. The number of carbonyl (C=O) groups is 1. The molecule has 2 heterocycles. The van der Waals surface area contributed by atoms with Gasteiger partial charge in [0, 0.05) is 41.7 Å². The summed E-state index contributed by atoms with van der Waals surface area (Å²) in [6, 6.07) is 16.2. The van der Waals surface area contributed by atoms with E-state index < -0.39 is 0 Å². The van der Waals surface area contributed by atoms with Crippen molar-refractivity contribution < 1.29 is 9.53 Å². The van der Waals surface area contributed by atoms with E-state index in [4.69, 9.17) is 4.74 Å². The molecule has 1 aliphatic heterocycles. The first kappa shape index (κ1) is 16.7. The highest BCUT2D eigenvalue weighted by Crippen LogP contribution is 2.28. The zero-order valence-electron chi connectivity index (χ0n) is 15.3. The van der Waals surface area contributed by atoms with Crippen LogP contribution in [0.4, 0.5) is 0 Å². The SMILES string of the molecule is CC(C)c1ccccc1OCC(=O)N1CCc2[nH]c3ccccc3c2C1. The highest BCUT2D eigenvalue weighted by atomic mass is 16.5. The van der Waals surface area contributed by atoms with Gasteiger partial charge in [-0.05, 0) is 23.6 Å². The Morgan fingerprint density at radius 2 is 1.92 bits per heavy atom. The number of aromatic nitrogens is 1. The molecule has 1 aliphatic rings. The molecule has 0 unspecified atom stereocenters. The first-order valence-electron chi connectivity index (χ1n) is 9.21. The number of rotatable bonds is 4. The molecular formula is C22H24N2O2. The molecule has 2 aromatic carbocycles. The van der Waals surface area contributed by atoms with Gasteiger partial charge in [-0.1, -0.05) is 50.2 Å². The maximum atomic E-state index is 12.7. The quantitative estimate of drug-likeness (QED) is 0.766. The topological polar surface area (TPSA) is 45.3 Å². The molecule has 0 radical (unpaired) electrons. The van der Waals surface area contributed by atoms with E-state index in [1.165, 1.54) is 16.6 Å². The third kappa shape index (κ3) is 3.07. The molecule has 0 aliphatic carbocycles. The molecule has 1 N–H and O–H groups in total. The van der Waals surface area contributed by atoms with Crippen LogP contribution in [0.5, 0.6) is 5.75 Å². The Balaban J connectivity index is 1.47. The van der Waals surface area contributed by atoms with Gasteiger partial charge in [-0.25, -0.2) is 0 Å².